The molecule has 0 aliphatic carbocycles. The van der Waals surface area contributed by atoms with E-state index < -0.39 is 0 Å². The van der Waals surface area contributed by atoms with Gasteiger partial charge in [0.25, 0.3) is 0 Å². The number of ether oxygens (including phenoxy) is 1. The van der Waals surface area contributed by atoms with Crippen LogP contribution in [0.15, 0.2) is 36.4 Å². The molecule has 1 atom stereocenters. The molecule has 124 valence electrons. The second kappa shape index (κ2) is 7.64. The predicted molar refractivity (Wildman–Crippen MR) is 92.9 cm³/mol. The molecule has 1 aromatic carbocycles. The maximum absolute atomic E-state index is 6.04. The summed E-state index contributed by atoms with van der Waals surface area (Å²) in [5, 5.41) is 4.56. The highest BCUT2D eigenvalue weighted by molar-refractivity contribution is 5.20. The van der Waals surface area contributed by atoms with E-state index in [2.05, 4.69) is 41.2 Å². The molecule has 0 saturated carbocycles. The molecule has 3 rings (SSSR count). The van der Waals surface area contributed by atoms with Gasteiger partial charge in [0.1, 0.15) is 6.61 Å². The van der Waals surface area contributed by atoms with Crippen molar-refractivity contribution in [3.8, 4) is 5.88 Å². The lowest BCUT2D eigenvalue weighted by molar-refractivity contribution is 0.130. The maximum Gasteiger partial charge on any atom is 0.212 e. The van der Waals surface area contributed by atoms with Gasteiger partial charge in [-0.1, -0.05) is 36.8 Å². The van der Waals surface area contributed by atoms with Crippen molar-refractivity contribution in [3.63, 3.8) is 0 Å². The van der Waals surface area contributed by atoms with E-state index in [0.29, 0.717) is 6.04 Å². The monoisotopic (exact) mass is 313 g/mol. The zero-order valence-corrected chi connectivity index (χ0v) is 14.2. The van der Waals surface area contributed by atoms with E-state index in [1.165, 1.54) is 31.4 Å². The number of likely N-dealkylation sites (tertiary alicyclic amines) is 1. The van der Waals surface area contributed by atoms with Gasteiger partial charge in [-0.25, -0.2) is 4.68 Å². The Hall–Kier alpha value is -1.81. The van der Waals surface area contributed by atoms with Crippen LogP contribution in [0.3, 0.4) is 0 Å². The molecule has 0 bridgehead atoms. The molecule has 0 amide bonds. The molecule has 4 nitrogen and oxygen atoms in total. The largest absolute Gasteiger partial charge is 0.476 e. The van der Waals surface area contributed by atoms with Crippen molar-refractivity contribution in [2.45, 2.75) is 45.7 Å². The van der Waals surface area contributed by atoms with Gasteiger partial charge in [-0.3, -0.25) is 4.90 Å². The van der Waals surface area contributed by atoms with Gasteiger partial charge in [-0.2, -0.15) is 5.10 Å². The standard InChI is InChI=1S/C19H27N3O/c1-16-14-19(22(20-16)15-18-9-4-3-5-10-18)23-13-12-21-11-7-6-8-17(21)2/h3-5,9-10,14,17H,6-8,11-13,15H2,1-2H3. The minimum atomic E-state index is 0.684. The lowest BCUT2D eigenvalue weighted by Crippen LogP contribution is -2.40. The van der Waals surface area contributed by atoms with Gasteiger partial charge in [0.2, 0.25) is 5.88 Å². The summed E-state index contributed by atoms with van der Waals surface area (Å²) in [5.74, 6) is 0.871. The van der Waals surface area contributed by atoms with Crippen LogP contribution >= 0.6 is 0 Å². The first kappa shape index (κ1) is 16.1. The molecular formula is C19H27N3O. The zero-order chi connectivity index (χ0) is 16.1. The van der Waals surface area contributed by atoms with E-state index in [1.54, 1.807) is 0 Å². The van der Waals surface area contributed by atoms with Crippen LogP contribution in [0.25, 0.3) is 0 Å². The fraction of sp³-hybridized carbons (Fsp3) is 0.526. The number of hydrogen-bond acceptors (Lipinski definition) is 3. The Morgan fingerprint density at radius 3 is 2.83 bits per heavy atom. The first-order chi connectivity index (χ1) is 11.2. The van der Waals surface area contributed by atoms with E-state index in [1.807, 2.05) is 23.7 Å². The summed E-state index contributed by atoms with van der Waals surface area (Å²) < 4.78 is 8.00. The van der Waals surface area contributed by atoms with Crippen LogP contribution in [0, 0.1) is 6.92 Å². The van der Waals surface area contributed by atoms with Gasteiger partial charge >= 0.3 is 0 Å². The molecule has 2 heterocycles. The maximum atomic E-state index is 6.04. The Kier molecular flexibility index (Phi) is 5.34. The second-order valence-electron chi connectivity index (χ2n) is 6.50. The fourth-order valence-electron chi connectivity index (χ4n) is 3.26. The van der Waals surface area contributed by atoms with Crippen molar-refractivity contribution in [2.75, 3.05) is 19.7 Å². The SMILES string of the molecule is Cc1cc(OCCN2CCCCC2C)n(Cc2ccccc2)n1. The Balaban J connectivity index is 1.57. The highest BCUT2D eigenvalue weighted by atomic mass is 16.5. The third-order valence-electron chi connectivity index (χ3n) is 4.61. The van der Waals surface area contributed by atoms with Gasteiger partial charge in [0.05, 0.1) is 12.2 Å². The van der Waals surface area contributed by atoms with E-state index in [4.69, 9.17) is 4.74 Å². The van der Waals surface area contributed by atoms with Gasteiger partial charge in [-0.15, -0.1) is 0 Å². The first-order valence-electron chi connectivity index (χ1n) is 8.67. The molecule has 0 radical (unpaired) electrons. The number of aromatic nitrogens is 2. The smallest absolute Gasteiger partial charge is 0.212 e. The summed E-state index contributed by atoms with van der Waals surface area (Å²) >= 11 is 0. The van der Waals surface area contributed by atoms with Crippen LogP contribution in [0.2, 0.25) is 0 Å². The van der Waals surface area contributed by atoms with Crippen LogP contribution in [-0.4, -0.2) is 40.4 Å². The normalized spacial score (nSPS) is 19.0. The van der Waals surface area contributed by atoms with Crippen LogP contribution in [0.5, 0.6) is 5.88 Å². The van der Waals surface area contributed by atoms with Crippen LogP contribution in [-0.2, 0) is 6.54 Å². The molecular weight excluding hydrogens is 286 g/mol. The molecule has 1 fully saturated rings. The summed E-state index contributed by atoms with van der Waals surface area (Å²) in [6, 6.07) is 13.1. The summed E-state index contributed by atoms with van der Waals surface area (Å²) in [4.78, 5) is 2.54. The highest BCUT2D eigenvalue weighted by Crippen LogP contribution is 2.18. The van der Waals surface area contributed by atoms with Gasteiger partial charge in [0.15, 0.2) is 0 Å². The quantitative estimate of drug-likeness (QED) is 0.818. The lowest BCUT2D eigenvalue weighted by Gasteiger charge is -2.33. The topological polar surface area (TPSA) is 30.3 Å². The molecule has 1 saturated heterocycles. The Labute approximate surface area is 139 Å². The number of nitrogens with zero attached hydrogens (tertiary/aromatic N) is 3. The fourth-order valence-corrected chi connectivity index (χ4v) is 3.26. The molecule has 1 aliphatic rings. The summed E-state index contributed by atoms with van der Waals surface area (Å²) in [7, 11) is 0. The van der Waals surface area contributed by atoms with Crippen LogP contribution in [0.4, 0.5) is 0 Å². The minimum absolute atomic E-state index is 0.684. The summed E-state index contributed by atoms with van der Waals surface area (Å²) in [6.07, 6.45) is 3.99. The number of rotatable bonds is 6. The molecule has 0 spiro atoms. The molecule has 4 heteroatoms. The average Bonchev–Trinajstić information content (AvgIpc) is 2.90. The van der Waals surface area contributed by atoms with Crippen LogP contribution in [0.1, 0.15) is 37.4 Å². The summed E-state index contributed by atoms with van der Waals surface area (Å²) in [6.45, 7) is 8.02. The van der Waals surface area contributed by atoms with Gasteiger partial charge in [0, 0.05) is 18.7 Å². The lowest BCUT2D eigenvalue weighted by atomic mass is 10.0. The Morgan fingerprint density at radius 2 is 2.04 bits per heavy atom. The van der Waals surface area contributed by atoms with Crippen molar-refractivity contribution >= 4 is 0 Å². The number of hydrogen-bond donors (Lipinski definition) is 0. The van der Waals surface area contributed by atoms with E-state index in [0.717, 1.165) is 31.3 Å². The Morgan fingerprint density at radius 1 is 1.22 bits per heavy atom. The molecule has 1 aliphatic heterocycles. The van der Waals surface area contributed by atoms with Crippen LogP contribution < -0.4 is 4.74 Å². The van der Waals surface area contributed by atoms with Crippen molar-refractivity contribution in [2.24, 2.45) is 0 Å². The number of benzene rings is 1. The van der Waals surface area contributed by atoms with Crippen molar-refractivity contribution < 1.29 is 4.74 Å². The predicted octanol–water partition coefficient (Wildman–Crippen LogP) is 3.49. The third-order valence-corrected chi connectivity index (χ3v) is 4.61. The molecule has 0 N–H and O–H groups in total. The second-order valence-corrected chi connectivity index (χ2v) is 6.50. The Bertz CT molecular complexity index is 608. The minimum Gasteiger partial charge on any atom is -0.476 e. The molecule has 23 heavy (non-hydrogen) atoms. The van der Waals surface area contributed by atoms with Crippen molar-refractivity contribution in [1.82, 2.24) is 14.7 Å². The van der Waals surface area contributed by atoms with E-state index in [-0.39, 0.29) is 0 Å². The zero-order valence-electron chi connectivity index (χ0n) is 14.2. The number of aryl methyl sites for hydroxylation is 1. The van der Waals surface area contributed by atoms with Crippen molar-refractivity contribution in [1.29, 1.82) is 0 Å². The van der Waals surface area contributed by atoms with Gasteiger partial charge in [-0.05, 0) is 38.8 Å². The van der Waals surface area contributed by atoms with Gasteiger partial charge < -0.3 is 4.74 Å². The molecule has 1 unspecified atom stereocenters. The number of piperidine rings is 1. The first-order valence-corrected chi connectivity index (χ1v) is 8.67. The van der Waals surface area contributed by atoms with E-state index in [9.17, 15) is 0 Å². The highest BCUT2D eigenvalue weighted by Gasteiger charge is 2.18. The average molecular weight is 313 g/mol. The molecule has 2 aromatic rings. The molecule has 1 aromatic heterocycles. The van der Waals surface area contributed by atoms with E-state index >= 15 is 0 Å². The summed E-state index contributed by atoms with van der Waals surface area (Å²) in [5.41, 5.74) is 2.24. The third kappa shape index (κ3) is 4.35. The van der Waals surface area contributed by atoms with Crippen molar-refractivity contribution in [3.05, 3.63) is 47.7 Å².